The molecule has 174 valence electrons. The van der Waals surface area contributed by atoms with Crippen LogP contribution in [0.4, 0.5) is 5.69 Å². The third-order valence-corrected chi connectivity index (χ3v) is 5.82. The number of benzene rings is 2. The predicted molar refractivity (Wildman–Crippen MR) is 128 cm³/mol. The summed E-state index contributed by atoms with van der Waals surface area (Å²) in [4.78, 5) is 26.3. The lowest BCUT2D eigenvalue weighted by molar-refractivity contribution is -0.131. The first-order valence-corrected chi connectivity index (χ1v) is 11.3. The van der Waals surface area contributed by atoms with Gasteiger partial charge in [0.2, 0.25) is 11.8 Å². The number of nitrogens with zero attached hydrogens (tertiary/aromatic N) is 4. The Morgan fingerprint density at radius 1 is 1.09 bits per heavy atom. The number of hydrogen-bond donors (Lipinski definition) is 1. The highest BCUT2D eigenvalue weighted by molar-refractivity contribution is 7.99. The Kier molecular flexibility index (Phi) is 8.31. The van der Waals surface area contributed by atoms with Crippen molar-refractivity contribution in [2.24, 2.45) is 0 Å². The van der Waals surface area contributed by atoms with Gasteiger partial charge in [-0.1, -0.05) is 30.0 Å². The van der Waals surface area contributed by atoms with Crippen LogP contribution in [-0.4, -0.2) is 65.0 Å². The Hall–Kier alpha value is -3.53. The summed E-state index contributed by atoms with van der Waals surface area (Å²) in [6.07, 6.45) is 0. The van der Waals surface area contributed by atoms with E-state index in [-0.39, 0.29) is 24.1 Å². The number of likely N-dealkylation sites (N-methyl/N-ethyl adjacent to an activating group) is 1. The van der Waals surface area contributed by atoms with Crippen molar-refractivity contribution in [2.75, 3.05) is 38.9 Å². The van der Waals surface area contributed by atoms with Crippen molar-refractivity contribution >= 4 is 29.3 Å². The Morgan fingerprint density at radius 2 is 1.88 bits per heavy atom. The molecule has 0 fully saturated rings. The highest BCUT2D eigenvalue weighted by Gasteiger charge is 2.19. The van der Waals surface area contributed by atoms with Crippen molar-refractivity contribution in [2.45, 2.75) is 18.6 Å². The Bertz CT molecular complexity index is 1120. The molecule has 0 atom stereocenters. The summed E-state index contributed by atoms with van der Waals surface area (Å²) in [5, 5.41) is 12.0. The maximum Gasteiger partial charge on any atom is 0.243 e. The van der Waals surface area contributed by atoms with Gasteiger partial charge in [-0.25, -0.2) is 0 Å². The van der Waals surface area contributed by atoms with Crippen LogP contribution in [0.3, 0.4) is 0 Å². The van der Waals surface area contributed by atoms with E-state index >= 15 is 0 Å². The van der Waals surface area contributed by atoms with Crippen molar-refractivity contribution in [1.82, 2.24) is 19.7 Å². The lowest BCUT2D eigenvalue weighted by atomic mass is 10.2. The van der Waals surface area contributed by atoms with Gasteiger partial charge in [-0.2, -0.15) is 0 Å². The van der Waals surface area contributed by atoms with Gasteiger partial charge >= 0.3 is 0 Å². The fraction of sp³-hybridized carbons (Fsp3) is 0.304. The molecule has 2 amide bonds. The molecule has 3 aromatic rings. The van der Waals surface area contributed by atoms with Gasteiger partial charge in [0.05, 0.1) is 32.1 Å². The van der Waals surface area contributed by atoms with Crippen LogP contribution in [0.1, 0.15) is 6.92 Å². The van der Waals surface area contributed by atoms with E-state index in [0.717, 1.165) is 5.56 Å². The third-order valence-electron chi connectivity index (χ3n) is 4.87. The molecule has 0 aliphatic heterocycles. The monoisotopic (exact) mass is 469 g/mol. The number of amides is 2. The van der Waals surface area contributed by atoms with E-state index in [1.54, 1.807) is 45.5 Å². The fourth-order valence-electron chi connectivity index (χ4n) is 3.15. The van der Waals surface area contributed by atoms with Crippen molar-refractivity contribution in [3.63, 3.8) is 0 Å². The number of anilines is 1. The van der Waals surface area contributed by atoms with Crippen LogP contribution in [-0.2, 0) is 16.1 Å². The maximum atomic E-state index is 12.6. The van der Waals surface area contributed by atoms with E-state index in [9.17, 15) is 9.59 Å². The molecule has 0 aliphatic carbocycles. The number of hydrogen-bond acceptors (Lipinski definition) is 7. The van der Waals surface area contributed by atoms with Crippen LogP contribution in [0, 0.1) is 0 Å². The molecule has 0 bridgehead atoms. The highest BCUT2D eigenvalue weighted by atomic mass is 32.2. The zero-order valence-electron chi connectivity index (χ0n) is 19.1. The molecule has 0 spiro atoms. The second kappa shape index (κ2) is 11.4. The van der Waals surface area contributed by atoms with Gasteiger partial charge in [0.15, 0.2) is 11.0 Å². The number of nitrogens with one attached hydrogen (secondary N) is 1. The van der Waals surface area contributed by atoms with Crippen LogP contribution in [0.5, 0.6) is 11.5 Å². The molecular weight excluding hydrogens is 442 g/mol. The number of thioether (sulfide) groups is 1. The van der Waals surface area contributed by atoms with Crippen LogP contribution >= 0.6 is 11.8 Å². The summed E-state index contributed by atoms with van der Waals surface area (Å²) >= 11 is 1.28. The van der Waals surface area contributed by atoms with Crippen molar-refractivity contribution in [3.8, 4) is 22.9 Å². The minimum absolute atomic E-state index is 0.0659. The summed E-state index contributed by atoms with van der Waals surface area (Å²) in [7, 11) is 4.77. The van der Waals surface area contributed by atoms with Gasteiger partial charge in [0.1, 0.15) is 11.5 Å². The van der Waals surface area contributed by atoms with E-state index in [4.69, 9.17) is 9.47 Å². The molecule has 1 N–H and O–H groups in total. The average Bonchev–Trinajstić information content (AvgIpc) is 3.25. The van der Waals surface area contributed by atoms with E-state index in [1.165, 1.54) is 16.7 Å². The second-order valence-electron chi connectivity index (χ2n) is 7.07. The molecule has 0 radical (unpaired) electrons. The molecular formula is C23H27N5O4S. The minimum Gasteiger partial charge on any atom is -0.497 e. The quantitative estimate of drug-likeness (QED) is 0.455. The van der Waals surface area contributed by atoms with Gasteiger partial charge in [-0.3, -0.25) is 9.59 Å². The van der Waals surface area contributed by atoms with E-state index in [1.807, 2.05) is 35.8 Å². The minimum atomic E-state index is -0.292. The largest absolute Gasteiger partial charge is 0.497 e. The van der Waals surface area contributed by atoms with Crippen LogP contribution in [0.25, 0.3) is 11.4 Å². The van der Waals surface area contributed by atoms with Gasteiger partial charge in [-0.05, 0) is 31.2 Å². The molecule has 0 unspecified atom stereocenters. The molecule has 9 nitrogen and oxygen atoms in total. The van der Waals surface area contributed by atoms with Crippen molar-refractivity contribution in [3.05, 3.63) is 48.5 Å². The normalized spacial score (nSPS) is 10.5. The third kappa shape index (κ3) is 6.04. The summed E-state index contributed by atoms with van der Waals surface area (Å²) in [5.41, 5.74) is 1.44. The molecule has 10 heteroatoms. The Labute approximate surface area is 197 Å². The van der Waals surface area contributed by atoms with Gasteiger partial charge in [-0.15, -0.1) is 10.2 Å². The first kappa shape index (κ1) is 24.1. The Morgan fingerprint density at radius 3 is 2.61 bits per heavy atom. The van der Waals surface area contributed by atoms with Crippen molar-refractivity contribution in [1.29, 1.82) is 0 Å². The molecule has 33 heavy (non-hydrogen) atoms. The molecule has 1 heterocycles. The number of para-hydroxylation sites is 1. The molecule has 2 aromatic carbocycles. The number of aromatic nitrogens is 3. The number of methoxy groups -OCH3 is 2. The SMILES string of the molecule is CCn1c(SCC(=O)N(C)CC(=O)Nc2cccc(OC)c2)nnc1-c1ccccc1OC. The molecule has 0 aliphatic rings. The van der Waals surface area contributed by atoms with Gasteiger partial charge in [0, 0.05) is 25.3 Å². The topological polar surface area (TPSA) is 98.6 Å². The average molecular weight is 470 g/mol. The number of carbonyl (C=O) groups is 2. The zero-order valence-corrected chi connectivity index (χ0v) is 19.9. The fourth-order valence-corrected chi connectivity index (χ4v) is 4.09. The first-order chi connectivity index (χ1) is 16.0. The summed E-state index contributed by atoms with van der Waals surface area (Å²) in [6, 6.07) is 14.6. The lowest BCUT2D eigenvalue weighted by Gasteiger charge is -2.17. The number of rotatable bonds is 10. The molecule has 0 saturated carbocycles. The van der Waals surface area contributed by atoms with Gasteiger partial charge in [0.25, 0.3) is 0 Å². The molecule has 0 saturated heterocycles. The predicted octanol–water partition coefficient (Wildman–Crippen LogP) is 3.17. The smallest absolute Gasteiger partial charge is 0.243 e. The number of carbonyl (C=O) groups excluding carboxylic acids is 2. The standard InChI is InChI=1S/C23H27N5O4S/c1-5-28-22(18-11-6-7-12-19(18)32-4)25-26-23(28)33-15-21(30)27(2)14-20(29)24-16-9-8-10-17(13-16)31-3/h6-13H,5,14-15H2,1-4H3,(H,24,29). The van der Waals surface area contributed by atoms with Crippen molar-refractivity contribution < 1.29 is 19.1 Å². The van der Waals surface area contributed by atoms with Gasteiger partial charge < -0.3 is 24.3 Å². The highest BCUT2D eigenvalue weighted by Crippen LogP contribution is 2.30. The van der Waals surface area contributed by atoms with E-state index < -0.39 is 0 Å². The summed E-state index contributed by atoms with van der Waals surface area (Å²) in [6.45, 7) is 2.56. The number of ether oxygens (including phenoxy) is 2. The van der Waals surface area contributed by atoms with E-state index in [0.29, 0.717) is 34.7 Å². The molecule has 1 aromatic heterocycles. The molecule has 3 rings (SSSR count). The van der Waals surface area contributed by atoms with Crippen LogP contribution in [0.2, 0.25) is 0 Å². The van der Waals surface area contributed by atoms with E-state index in [2.05, 4.69) is 15.5 Å². The van der Waals surface area contributed by atoms with Crippen LogP contribution in [0.15, 0.2) is 53.7 Å². The second-order valence-corrected chi connectivity index (χ2v) is 8.01. The summed E-state index contributed by atoms with van der Waals surface area (Å²) < 4.78 is 12.5. The summed E-state index contributed by atoms with van der Waals surface area (Å²) in [5.74, 6) is 1.67. The first-order valence-electron chi connectivity index (χ1n) is 10.3. The zero-order chi connectivity index (χ0) is 23.8. The van der Waals surface area contributed by atoms with Crippen LogP contribution < -0.4 is 14.8 Å². The Balaban J connectivity index is 1.60. The lowest BCUT2D eigenvalue weighted by Crippen LogP contribution is -2.36. The maximum absolute atomic E-state index is 12.6.